The van der Waals surface area contributed by atoms with Gasteiger partial charge in [0.2, 0.25) is 5.78 Å². The van der Waals surface area contributed by atoms with E-state index in [0.29, 0.717) is 5.03 Å². The lowest BCUT2D eigenvalue weighted by atomic mass is 10.2. The zero-order valence-corrected chi connectivity index (χ0v) is 12.2. The second kappa shape index (κ2) is 6.62. The molecule has 2 aliphatic heterocycles. The van der Waals surface area contributed by atoms with E-state index >= 15 is 0 Å². The molecule has 0 saturated carbocycles. The minimum atomic E-state index is -0.574. The lowest BCUT2D eigenvalue weighted by molar-refractivity contribution is -0.135. The van der Waals surface area contributed by atoms with Gasteiger partial charge >= 0.3 is 5.97 Å². The molecule has 5 nitrogen and oxygen atoms in total. The molecule has 0 spiro atoms. The van der Waals surface area contributed by atoms with E-state index in [1.807, 2.05) is 6.07 Å². The molecule has 0 aliphatic carbocycles. The van der Waals surface area contributed by atoms with Crippen LogP contribution in [0.5, 0.6) is 0 Å². The number of thioether (sulfide) groups is 1. The molecule has 2 heterocycles. The number of methoxy groups -OCH3 is 1. The van der Waals surface area contributed by atoms with Crippen LogP contribution in [0, 0.1) is 11.3 Å². The second-order valence-electron chi connectivity index (χ2n) is 4.66. The Kier molecular flexibility index (Phi) is 4.85. The summed E-state index contributed by atoms with van der Waals surface area (Å²) < 4.78 is 4.53. The van der Waals surface area contributed by atoms with E-state index in [4.69, 9.17) is 0 Å². The summed E-state index contributed by atoms with van der Waals surface area (Å²) in [6.07, 6.45) is 5.64. The number of esters is 1. The standard InChI is InChI=1S/C14H16N2O3S/c1-19-12(17)8-11-13(18)10(9-15)14(20-11)16-6-4-2-3-5-7-16/h8H,2-7H2,1H3/b11-8-. The Morgan fingerprint density at radius 3 is 2.55 bits per heavy atom. The van der Waals surface area contributed by atoms with Crippen LogP contribution in [0.2, 0.25) is 0 Å². The molecule has 20 heavy (non-hydrogen) atoms. The van der Waals surface area contributed by atoms with Crippen molar-refractivity contribution in [2.75, 3.05) is 20.2 Å². The molecule has 1 fully saturated rings. The van der Waals surface area contributed by atoms with Gasteiger partial charge in [-0.15, -0.1) is 0 Å². The number of nitrogens with zero attached hydrogens (tertiary/aromatic N) is 2. The highest BCUT2D eigenvalue weighted by molar-refractivity contribution is 8.08. The van der Waals surface area contributed by atoms with Crippen LogP contribution in [0.1, 0.15) is 25.7 Å². The van der Waals surface area contributed by atoms with Crippen molar-refractivity contribution in [1.29, 1.82) is 5.26 Å². The molecule has 0 radical (unpaired) electrons. The van der Waals surface area contributed by atoms with E-state index in [1.165, 1.54) is 31.7 Å². The average molecular weight is 292 g/mol. The van der Waals surface area contributed by atoms with Gasteiger partial charge in [0, 0.05) is 19.2 Å². The first-order valence-corrected chi connectivity index (χ1v) is 7.40. The van der Waals surface area contributed by atoms with Crippen molar-refractivity contribution < 1.29 is 14.3 Å². The molecule has 1 saturated heterocycles. The average Bonchev–Trinajstić information content (AvgIpc) is 2.65. The first-order valence-electron chi connectivity index (χ1n) is 6.59. The van der Waals surface area contributed by atoms with Crippen molar-refractivity contribution >= 4 is 23.5 Å². The number of hydrogen-bond acceptors (Lipinski definition) is 6. The minimum Gasteiger partial charge on any atom is -0.466 e. The third kappa shape index (κ3) is 3.05. The molecule has 2 rings (SSSR count). The number of ether oxygens (including phenoxy) is 1. The molecule has 6 heteroatoms. The van der Waals surface area contributed by atoms with E-state index in [1.54, 1.807) is 0 Å². The van der Waals surface area contributed by atoms with E-state index in [9.17, 15) is 14.9 Å². The zero-order chi connectivity index (χ0) is 14.5. The Bertz CT molecular complexity index is 523. The van der Waals surface area contributed by atoms with Crippen molar-refractivity contribution in [2.45, 2.75) is 25.7 Å². The normalized spacial score (nSPS) is 21.9. The number of allylic oxidation sites excluding steroid dienone is 2. The fourth-order valence-corrected chi connectivity index (χ4v) is 3.39. The largest absolute Gasteiger partial charge is 0.466 e. The summed E-state index contributed by atoms with van der Waals surface area (Å²) in [6.45, 7) is 1.71. The number of hydrogen-bond donors (Lipinski definition) is 0. The Labute approximate surface area is 122 Å². The highest BCUT2D eigenvalue weighted by atomic mass is 32.2. The molecular weight excluding hydrogens is 276 g/mol. The van der Waals surface area contributed by atoms with Crippen LogP contribution >= 0.6 is 11.8 Å². The van der Waals surface area contributed by atoms with E-state index in [0.717, 1.165) is 32.0 Å². The van der Waals surface area contributed by atoms with Gasteiger partial charge in [-0.25, -0.2) is 4.79 Å². The van der Waals surface area contributed by atoms with E-state index < -0.39 is 5.97 Å². The fourth-order valence-electron chi connectivity index (χ4n) is 2.28. The molecule has 0 atom stereocenters. The smallest absolute Gasteiger partial charge is 0.331 e. The summed E-state index contributed by atoms with van der Waals surface area (Å²) >= 11 is 1.20. The van der Waals surface area contributed by atoms with Crippen LogP contribution in [-0.4, -0.2) is 36.9 Å². The summed E-state index contributed by atoms with van der Waals surface area (Å²) in [5.41, 5.74) is 0.145. The minimum absolute atomic E-state index is 0.145. The first kappa shape index (κ1) is 14.7. The molecule has 0 N–H and O–H groups in total. The van der Waals surface area contributed by atoms with Crippen LogP contribution in [0.4, 0.5) is 0 Å². The summed E-state index contributed by atoms with van der Waals surface area (Å²) in [5, 5.41) is 9.89. The third-order valence-electron chi connectivity index (χ3n) is 3.33. The molecule has 0 unspecified atom stereocenters. The van der Waals surface area contributed by atoms with Gasteiger partial charge in [-0.2, -0.15) is 5.26 Å². The van der Waals surface area contributed by atoms with Crippen molar-refractivity contribution in [3.8, 4) is 6.07 Å². The highest BCUT2D eigenvalue weighted by Crippen LogP contribution is 2.40. The lowest BCUT2D eigenvalue weighted by Gasteiger charge is -2.22. The number of Topliss-reactive ketones (excluding diaryl/α,β-unsaturated/α-hetero) is 1. The monoisotopic (exact) mass is 292 g/mol. The predicted octanol–water partition coefficient (Wildman–Crippen LogP) is 1.97. The fraction of sp³-hybridized carbons (Fsp3) is 0.500. The maximum Gasteiger partial charge on any atom is 0.331 e. The van der Waals surface area contributed by atoms with Gasteiger partial charge in [0.25, 0.3) is 0 Å². The SMILES string of the molecule is COC(=O)/C=C1\SC(N2CCCCCC2)=C(C#N)C1=O. The van der Waals surface area contributed by atoms with Crippen LogP contribution < -0.4 is 0 Å². The predicted molar refractivity (Wildman–Crippen MR) is 75.4 cm³/mol. The van der Waals surface area contributed by atoms with Crippen molar-refractivity contribution in [1.82, 2.24) is 4.90 Å². The van der Waals surface area contributed by atoms with Gasteiger partial charge < -0.3 is 9.64 Å². The second-order valence-corrected chi connectivity index (χ2v) is 5.69. The summed E-state index contributed by atoms with van der Waals surface area (Å²) in [5.74, 6) is -0.947. The molecule has 0 aromatic heterocycles. The van der Waals surface area contributed by atoms with Crippen molar-refractivity contribution in [3.63, 3.8) is 0 Å². The highest BCUT2D eigenvalue weighted by Gasteiger charge is 2.33. The molecule has 106 valence electrons. The number of likely N-dealkylation sites (tertiary alicyclic amines) is 1. The van der Waals surface area contributed by atoms with Crippen LogP contribution in [-0.2, 0) is 14.3 Å². The van der Waals surface area contributed by atoms with Gasteiger partial charge in [-0.1, -0.05) is 24.6 Å². The number of nitriles is 1. The van der Waals surface area contributed by atoms with Crippen LogP contribution in [0.3, 0.4) is 0 Å². The quantitative estimate of drug-likeness (QED) is 0.572. The maximum absolute atomic E-state index is 12.1. The zero-order valence-electron chi connectivity index (χ0n) is 11.3. The Morgan fingerprint density at radius 1 is 1.35 bits per heavy atom. The van der Waals surface area contributed by atoms with E-state index in [-0.39, 0.29) is 16.3 Å². The number of ketones is 1. The van der Waals surface area contributed by atoms with Crippen molar-refractivity contribution in [3.05, 3.63) is 21.6 Å². The van der Waals surface area contributed by atoms with Crippen molar-refractivity contribution in [2.24, 2.45) is 0 Å². The number of carbonyl (C=O) groups excluding carboxylic acids is 2. The summed E-state index contributed by atoms with van der Waals surface area (Å²) in [4.78, 5) is 25.8. The van der Waals surface area contributed by atoms with Crippen LogP contribution in [0.15, 0.2) is 21.6 Å². The maximum atomic E-state index is 12.1. The lowest BCUT2D eigenvalue weighted by Crippen LogP contribution is -2.22. The Hall–Kier alpha value is -1.74. The summed E-state index contributed by atoms with van der Waals surface area (Å²) in [7, 11) is 1.26. The molecule has 0 aromatic rings. The molecule has 2 aliphatic rings. The number of carbonyl (C=O) groups is 2. The van der Waals surface area contributed by atoms with Gasteiger partial charge in [-0.05, 0) is 12.8 Å². The van der Waals surface area contributed by atoms with Gasteiger partial charge in [0.15, 0.2) is 0 Å². The van der Waals surface area contributed by atoms with Crippen LogP contribution in [0.25, 0.3) is 0 Å². The number of rotatable bonds is 2. The molecule has 0 aromatic carbocycles. The molecule has 0 amide bonds. The van der Waals surface area contributed by atoms with Gasteiger partial charge in [0.05, 0.1) is 17.0 Å². The molecule has 0 bridgehead atoms. The Morgan fingerprint density at radius 2 is 2.00 bits per heavy atom. The Balaban J connectivity index is 2.25. The van der Waals surface area contributed by atoms with E-state index in [2.05, 4.69) is 9.64 Å². The summed E-state index contributed by atoms with van der Waals surface area (Å²) in [6, 6.07) is 1.98. The van der Waals surface area contributed by atoms with Gasteiger partial charge in [-0.3, -0.25) is 4.79 Å². The van der Waals surface area contributed by atoms with Gasteiger partial charge in [0.1, 0.15) is 11.6 Å². The molecular formula is C14H16N2O3S. The topological polar surface area (TPSA) is 70.4 Å². The first-order chi connectivity index (χ1) is 9.67. The third-order valence-corrected chi connectivity index (χ3v) is 4.51.